The molecule has 0 aliphatic heterocycles. The highest BCUT2D eigenvalue weighted by atomic mass is 15.1. The number of hydrogen-bond acceptors (Lipinski definition) is 2. The van der Waals surface area contributed by atoms with Crippen molar-refractivity contribution in [3.05, 3.63) is 0 Å². The van der Waals surface area contributed by atoms with E-state index in [2.05, 4.69) is 31.6 Å². The monoisotopic (exact) mass is 210 g/mol. The van der Waals surface area contributed by atoms with E-state index in [1.165, 1.54) is 12.8 Å². The van der Waals surface area contributed by atoms with Gasteiger partial charge >= 0.3 is 0 Å². The van der Waals surface area contributed by atoms with Gasteiger partial charge in [-0.3, -0.25) is 4.90 Å². The first-order valence-corrected chi connectivity index (χ1v) is 5.99. The molecule has 1 unspecified atom stereocenters. The molecule has 0 aliphatic carbocycles. The fourth-order valence-electron chi connectivity index (χ4n) is 1.84. The molecule has 0 aliphatic rings. The number of hydrogen-bond donors (Lipinski definition) is 1. The van der Waals surface area contributed by atoms with Crippen molar-refractivity contribution >= 4 is 0 Å². The number of nitrogens with two attached hydrogens (primary N) is 1. The third kappa shape index (κ3) is 7.41. The summed E-state index contributed by atoms with van der Waals surface area (Å²) in [6, 6.07) is 0. The molecule has 0 radical (unpaired) electrons. The molecule has 15 heavy (non-hydrogen) atoms. The van der Waals surface area contributed by atoms with Gasteiger partial charge in [0.2, 0.25) is 0 Å². The van der Waals surface area contributed by atoms with Gasteiger partial charge in [-0.25, -0.2) is 0 Å². The van der Waals surface area contributed by atoms with Crippen molar-refractivity contribution in [3.8, 4) is 12.3 Å². The fraction of sp³-hybridized carbons (Fsp3) is 0.846. The summed E-state index contributed by atoms with van der Waals surface area (Å²) in [6.07, 6.45) is 7.71. The molecular formula is C13H26N2. The Balaban J connectivity index is 3.82. The summed E-state index contributed by atoms with van der Waals surface area (Å²) < 4.78 is 0. The van der Waals surface area contributed by atoms with E-state index in [0.717, 1.165) is 32.1 Å². The smallest absolute Gasteiger partial charge is 0.0598 e. The van der Waals surface area contributed by atoms with E-state index in [-0.39, 0.29) is 0 Å². The molecule has 0 fully saturated rings. The fourth-order valence-corrected chi connectivity index (χ4v) is 1.84. The van der Waals surface area contributed by atoms with E-state index < -0.39 is 0 Å². The van der Waals surface area contributed by atoms with Crippen molar-refractivity contribution in [2.45, 2.75) is 33.6 Å². The van der Waals surface area contributed by atoms with Crippen molar-refractivity contribution in [2.75, 3.05) is 26.2 Å². The number of terminal acetylenes is 1. The molecule has 88 valence electrons. The van der Waals surface area contributed by atoms with E-state index in [1.54, 1.807) is 0 Å². The summed E-state index contributed by atoms with van der Waals surface area (Å²) in [5.74, 6) is 4.08. The minimum absolute atomic E-state index is 0.650. The first kappa shape index (κ1) is 14.5. The van der Waals surface area contributed by atoms with Crippen LogP contribution in [0.25, 0.3) is 0 Å². The normalized spacial score (nSPS) is 13.1. The first-order chi connectivity index (χ1) is 7.13. The standard InChI is InChI=1S/C13H26N2/c1-5-8-15(6-2)9-7-13(11-14)10-12(3)4/h1,12-13H,6-11,14H2,2-4H3. The summed E-state index contributed by atoms with van der Waals surface area (Å²) in [4.78, 5) is 2.29. The number of nitrogens with zero attached hydrogens (tertiary/aromatic N) is 1. The van der Waals surface area contributed by atoms with E-state index in [1.807, 2.05) is 0 Å². The average Bonchev–Trinajstić information content (AvgIpc) is 2.21. The Morgan fingerprint density at radius 3 is 2.47 bits per heavy atom. The van der Waals surface area contributed by atoms with Gasteiger partial charge in [-0.2, -0.15) is 0 Å². The van der Waals surface area contributed by atoms with Crippen LogP contribution in [0.1, 0.15) is 33.6 Å². The maximum atomic E-state index is 5.76. The largest absolute Gasteiger partial charge is 0.330 e. The quantitative estimate of drug-likeness (QED) is 0.621. The minimum atomic E-state index is 0.650. The highest BCUT2D eigenvalue weighted by molar-refractivity contribution is 4.87. The highest BCUT2D eigenvalue weighted by Crippen LogP contribution is 2.14. The van der Waals surface area contributed by atoms with Gasteiger partial charge in [0.15, 0.2) is 0 Å². The van der Waals surface area contributed by atoms with Crippen LogP contribution in [-0.4, -0.2) is 31.1 Å². The molecule has 2 N–H and O–H groups in total. The Labute approximate surface area is 95.2 Å². The van der Waals surface area contributed by atoms with E-state index in [9.17, 15) is 0 Å². The van der Waals surface area contributed by atoms with Crippen molar-refractivity contribution in [3.63, 3.8) is 0 Å². The molecular weight excluding hydrogens is 184 g/mol. The van der Waals surface area contributed by atoms with Gasteiger partial charge in [0.1, 0.15) is 0 Å². The maximum absolute atomic E-state index is 5.76. The Hall–Kier alpha value is -0.520. The highest BCUT2D eigenvalue weighted by Gasteiger charge is 2.10. The molecule has 0 rings (SSSR count). The summed E-state index contributed by atoms with van der Waals surface area (Å²) in [7, 11) is 0. The van der Waals surface area contributed by atoms with Gasteiger partial charge in [0.05, 0.1) is 6.54 Å². The average molecular weight is 210 g/mol. The van der Waals surface area contributed by atoms with E-state index in [4.69, 9.17) is 12.2 Å². The van der Waals surface area contributed by atoms with E-state index in [0.29, 0.717) is 5.92 Å². The zero-order chi connectivity index (χ0) is 11.7. The van der Waals surface area contributed by atoms with Crippen molar-refractivity contribution in [1.82, 2.24) is 4.90 Å². The first-order valence-electron chi connectivity index (χ1n) is 5.99. The molecule has 1 atom stereocenters. The maximum Gasteiger partial charge on any atom is 0.0598 e. The summed E-state index contributed by atoms with van der Waals surface area (Å²) in [5, 5.41) is 0. The third-order valence-corrected chi connectivity index (χ3v) is 2.75. The van der Waals surface area contributed by atoms with Gasteiger partial charge in [-0.15, -0.1) is 6.42 Å². The summed E-state index contributed by atoms with van der Waals surface area (Å²) in [5.41, 5.74) is 5.76. The van der Waals surface area contributed by atoms with Gasteiger partial charge in [-0.05, 0) is 44.3 Å². The second kappa shape index (κ2) is 8.76. The predicted octanol–water partition coefficient (Wildman–Crippen LogP) is 1.95. The molecule has 0 aromatic rings. The van der Waals surface area contributed by atoms with Crippen LogP contribution < -0.4 is 5.73 Å². The lowest BCUT2D eigenvalue weighted by atomic mass is 9.94. The minimum Gasteiger partial charge on any atom is -0.330 e. The Morgan fingerprint density at radius 1 is 1.40 bits per heavy atom. The Bertz CT molecular complexity index is 181. The summed E-state index contributed by atoms with van der Waals surface area (Å²) in [6.45, 7) is 10.3. The van der Waals surface area contributed by atoms with Crippen LogP contribution in [0.3, 0.4) is 0 Å². The second-order valence-electron chi connectivity index (χ2n) is 4.59. The third-order valence-electron chi connectivity index (χ3n) is 2.75. The zero-order valence-corrected chi connectivity index (χ0v) is 10.5. The molecule has 0 amide bonds. The van der Waals surface area contributed by atoms with Crippen LogP contribution in [0.5, 0.6) is 0 Å². The molecule has 0 saturated heterocycles. The Kier molecular flexibility index (Phi) is 8.46. The lowest BCUT2D eigenvalue weighted by molar-refractivity contribution is 0.277. The van der Waals surface area contributed by atoms with Crippen LogP contribution in [0.15, 0.2) is 0 Å². The van der Waals surface area contributed by atoms with Gasteiger partial charge in [-0.1, -0.05) is 26.7 Å². The van der Waals surface area contributed by atoms with Crippen molar-refractivity contribution in [1.29, 1.82) is 0 Å². The van der Waals surface area contributed by atoms with Crippen molar-refractivity contribution < 1.29 is 0 Å². The predicted molar refractivity (Wildman–Crippen MR) is 67.6 cm³/mol. The molecule has 2 heteroatoms. The van der Waals surface area contributed by atoms with Crippen LogP contribution in [0.2, 0.25) is 0 Å². The lowest BCUT2D eigenvalue weighted by Crippen LogP contribution is -2.28. The molecule has 0 aromatic heterocycles. The Morgan fingerprint density at radius 2 is 2.07 bits per heavy atom. The van der Waals surface area contributed by atoms with Crippen LogP contribution in [0, 0.1) is 24.2 Å². The lowest BCUT2D eigenvalue weighted by Gasteiger charge is -2.22. The van der Waals surface area contributed by atoms with Crippen LogP contribution in [0.4, 0.5) is 0 Å². The SMILES string of the molecule is C#CCN(CC)CCC(CN)CC(C)C. The molecule has 0 aromatic carbocycles. The van der Waals surface area contributed by atoms with Gasteiger partial charge < -0.3 is 5.73 Å². The van der Waals surface area contributed by atoms with Crippen LogP contribution in [-0.2, 0) is 0 Å². The molecule has 0 heterocycles. The molecule has 0 saturated carbocycles. The molecule has 0 spiro atoms. The van der Waals surface area contributed by atoms with Crippen molar-refractivity contribution in [2.24, 2.45) is 17.6 Å². The van der Waals surface area contributed by atoms with Gasteiger partial charge in [0, 0.05) is 0 Å². The second-order valence-corrected chi connectivity index (χ2v) is 4.59. The van der Waals surface area contributed by atoms with Crippen LogP contribution >= 0.6 is 0 Å². The number of rotatable bonds is 8. The topological polar surface area (TPSA) is 29.3 Å². The molecule has 0 bridgehead atoms. The van der Waals surface area contributed by atoms with E-state index >= 15 is 0 Å². The zero-order valence-electron chi connectivity index (χ0n) is 10.5. The molecule has 2 nitrogen and oxygen atoms in total. The summed E-state index contributed by atoms with van der Waals surface area (Å²) >= 11 is 0. The van der Waals surface area contributed by atoms with Gasteiger partial charge in [0.25, 0.3) is 0 Å².